The van der Waals surface area contributed by atoms with Crippen molar-refractivity contribution in [2.24, 2.45) is 5.92 Å². The third-order valence-electron chi connectivity index (χ3n) is 2.89. The average Bonchev–Trinajstić information content (AvgIpc) is 2.13. The second-order valence-corrected chi connectivity index (χ2v) is 4.73. The van der Waals surface area contributed by atoms with E-state index >= 15 is 0 Å². The molecule has 0 aromatic heterocycles. The van der Waals surface area contributed by atoms with Gasteiger partial charge in [-0.15, -0.1) is 0 Å². The Morgan fingerprint density at radius 1 is 1.47 bits per heavy atom. The van der Waals surface area contributed by atoms with E-state index in [1.54, 1.807) is 20.8 Å². The second-order valence-electron chi connectivity index (χ2n) is 4.73. The summed E-state index contributed by atoms with van der Waals surface area (Å²) in [5, 5.41) is 9.90. The van der Waals surface area contributed by atoms with Gasteiger partial charge in [-0.2, -0.15) is 0 Å². The quantitative estimate of drug-likeness (QED) is 0.732. The van der Waals surface area contributed by atoms with Crippen LogP contribution < -0.4 is 0 Å². The lowest BCUT2D eigenvalue weighted by molar-refractivity contribution is -0.130. The lowest BCUT2D eigenvalue weighted by Gasteiger charge is -2.34. The summed E-state index contributed by atoms with van der Waals surface area (Å²) in [6.07, 6.45) is 0. The molecule has 0 amide bonds. The van der Waals surface area contributed by atoms with Crippen molar-refractivity contribution in [3.63, 3.8) is 0 Å². The van der Waals surface area contributed by atoms with E-state index in [9.17, 15) is 9.90 Å². The summed E-state index contributed by atoms with van der Waals surface area (Å²) in [6.45, 7) is 8.69. The first-order valence-electron chi connectivity index (χ1n) is 5.44. The molecule has 1 aliphatic heterocycles. The van der Waals surface area contributed by atoms with Crippen molar-refractivity contribution >= 4 is 5.78 Å². The zero-order valence-corrected chi connectivity index (χ0v) is 9.82. The molecular weight excluding hydrogens is 194 g/mol. The van der Waals surface area contributed by atoms with Gasteiger partial charge in [-0.05, 0) is 20.8 Å². The van der Waals surface area contributed by atoms with E-state index in [1.807, 2.05) is 0 Å². The van der Waals surface area contributed by atoms with E-state index in [2.05, 4.69) is 4.90 Å². The number of ether oxygens (including phenoxy) is 1. The normalized spacial score (nSPS) is 21.3. The van der Waals surface area contributed by atoms with E-state index < -0.39 is 5.60 Å². The lowest BCUT2D eigenvalue weighted by atomic mass is 9.87. The van der Waals surface area contributed by atoms with Gasteiger partial charge in [0.1, 0.15) is 5.78 Å². The summed E-state index contributed by atoms with van der Waals surface area (Å²) < 4.78 is 5.24. The van der Waals surface area contributed by atoms with Gasteiger partial charge < -0.3 is 9.84 Å². The summed E-state index contributed by atoms with van der Waals surface area (Å²) in [5.41, 5.74) is -0.940. The van der Waals surface area contributed by atoms with Crippen molar-refractivity contribution in [2.45, 2.75) is 26.4 Å². The molecule has 0 saturated carbocycles. The minimum atomic E-state index is -0.940. The van der Waals surface area contributed by atoms with Gasteiger partial charge in [-0.25, -0.2) is 0 Å². The van der Waals surface area contributed by atoms with Gasteiger partial charge in [0.15, 0.2) is 0 Å². The maximum absolute atomic E-state index is 11.4. The van der Waals surface area contributed by atoms with E-state index in [0.717, 1.165) is 26.3 Å². The Morgan fingerprint density at radius 3 is 2.40 bits per heavy atom. The van der Waals surface area contributed by atoms with Crippen molar-refractivity contribution in [1.82, 2.24) is 4.90 Å². The van der Waals surface area contributed by atoms with Crippen LogP contribution in [0.25, 0.3) is 0 Å². The van der Waals surface area contributed by atoms with Gasteiger partial charge in [0, 0.05) is 19.6 Å². The molecule has 0 spiro atoms. The monoisotopic (exact) mass is 215 g/mol. The van der Waals surface area contributed by atoms with Crippen LogP contribution in [0.2, 0.25) is 0 Å². The molecule has 15 heavy (non-hydrogen) atoms. The second kappa shape index (κ2) is 5.05. The largest absolute Gasteiger partial charge is 0.390 e. The molecule has 1 atom stereocenters. The first-order valence-corrected chi connectivity index (χ1v) is 5.44. The molecule has 1 aliphatic rings. The molecule has 0 aromatic rings. The van der Waals surface area contributed by atoms with E-state index in [1.165, 1.54) is 0 Å². The van der Waals surface area contributed by atoms with Crippen LogP contribution in [0.1, 0.15) is 20.8 Å². The third-order valence-corrected chi connectivity index (χ3v) is 2.89. The van der Waals surface area contributed by atoms with Crippen LogP contribution in [0.4, 0.5) is 0 Å². The Kier molecular flexibility index (Phi) is 4.25. The predicted octanol–water partition coefficient (Wildman–Crippen LogP) is 0.295. The van der Waals surface area contributed by atoms with Crippen LogP contribution in [0.15, 0.2) is 0 Å². The molecule has 0 radical (unpaired) electrons. The number of nitrogens with zero attached hydrogens (tertiary/aromatic N) is 1. The van der Waals surface area contributed by atoms with Crippen molar-refractivity contribution in [2.75, 3.05) is 32.8 Å². The van der Waals surface area contributed by atoms with E-state index in [-0.39, 0.29) is 11.7 Å². The van der Waals surface area contributed by atoms with Gasteiger partial charge in [0.2, 0.25) is 0 Å². The minimum Gasteiger partial charge on any atom is -0.390 e. The fourth-order valence-corrected chi connectivity index (χ4v) is 1.89. The summed E-state index contributed by atoms with van der Waals surface area (Å²) >= 11 is 0. The Balaban J connectivity index is 2.54. The number of morpholine rings is 1. The Morgan fingerprint density at radius 2 is 2.00 bits per heavy atom. The number of aliphatic hydroxyl groups is 1. The maximum Gasteiger partial charge on any atom is 0.137 e. The number of hydrogen-bond donors (Lipinski definition) is 1. The number of carbonyl (C=O) groups is 1. The Bertz CT molecular complexity index is 216. The number of rotatable bonds is 4. The van der Waals surface area contributed by atoms with E-state index in [0.29, 0.717) is 6.54 Å². The molecule has 4 heteroatoms. The molecule has 0 aliphatic carbocycles. The molecule has 1 fully saturated rings. The molecule has 0 aromatic carbocycles. The predicted molar refractivity (Wildman–Crippen MR) is 57.7 cm³/mol. The standard InChI is InChI=1S/C11H21NO3/c1-9(13)10(11(2,3)14)8-12-4-6-15-7-5-12/h10,14H,4-8H2,1-3H3/t10-/m1/s1. The maximum atomic E-state index is 11.4. The minimum absolute atomic E-state index is 0.0500. The molecule has 1 saturated heterocycles. The topological polar surface area (TPSA) is 49.8 Å². The lowest BCUT2D eigenvalue weighted by Crippen LogP contribution is -2.47. The molecule has 1 heterocycles. The van der Waals surface area contributed by atoms with Gasteiger partial charge in [-0.3, -0.25) is 9.69 Å². The fourth-order valence-electron chi connectivity index (χ4n) is 1.89. The van der Waals surface area contributed by atoms with Gasteiger partial charge >= 0.3 is 0 Å². The number of Topliss-reactive ketones (excluding diaryl/α,β-unsaturated/α-hetero) is 1. The van der Waals surface area contributed by atoms with Crippen molar-refractivity contribution < 1.29 is 14.6 Å². The van der Waals surface area contributed by atoms with Crippen LogP contribution in [-0.4, -0.2) is 54.2 Å². The van der Waals surface area contributed by atoms with Crippen LogP contribution in [0.5, 0.6) is 0 Å². The molecule has 4 nitrogen and oxygen atoms in total. The summed E-state index contributed by atoms with van der Waals surface area (Å²) in [4.78, 5) is 13.6. The third kappa shape index (κ3) is 3.89. The summed E-state index contributed by atoms with van der Waals surface area (Å²) in [7, 11) is 0. The number of carbonyl (C=O) groups excluding carboxylic acids is 1. The van der Waals surface area contributed by atoms with Crippen molar-refractivity contribution in [1.29, 1.82) is 0 Å². The highest BCUT2D eigenvalue weighted by Crippen LogP contribution is 2.19. The zero-order chi connectivity index (χ0) is 11.5. The first kappa shape index (κ1) is 12.6. The summed E-state index contributed by atoms with van der Waals surface area (Å²) in [6, 6.07) is 0. The van der Waals surface area contributed by atoms with Crippen molar-refractivity contribution in [3.05, 3.63) is 0 Å². The highest BCUT2D eigenvalue weighted by molar-refractivity contribution is 5.79. The zero-order valence-electron chi connectivity index (χ0n) is 9.82. The Labute approximate surface area is 91.2 Å². The average molecular weight is 215 g/mol. The molecule has 0 unspecified atom stereocenters. The fraction of sp³-hybridized carbons (Fsp3) is 0.909. The van der Waals surface area contributed by atoms with Crippen LogP contribution in [-0.2, 0) is 9.53 Å². The van der Waals surface area contributed by atoms with Gasteiger partial charge in [0.05, 0.1) is 24.7 Å². The number of ketones is 1. The van der Waals surface area contributed by atoms with Crippen LogP contribution >= 0.6 is 0 Å². The first-order chi connectivity index (χ1) is 6.91. The van der Waals surface area contributed by atoms with Gasteiger partial charge in [0.25, 0.3) is 0 Å². The highest BCUT2D eigenvalue weighted by atomic mass is 16.5. The molecule has 88 valence electrons. The Hall–Kier alpha value is -0.450. The molecular formula is C11H21NO3. The smallest absolute Gasteiger partial charge is 0.137 e. The van der Waals surface area contributed by atoms with Crippen LogP contribution in [0.3, 0.4) is 0 Å². The SMILES string of the molecule is CC(=O)[C@@H](CN1CCOCC1)C(C)(C)O. The highest BCUT2D eigenvalue weighted by Gasteiger charge is 2.32. The van der Waals surface area contributed by atoms with E-state index in [4.69, 9.17) is 4.74 Å². The molecule has 1 N–H and O–H groups in total. The summed E-state index contributed by atoms with van der Waals surface area (Å²) in [5.74, 6) is -0.260. The van der Waals surface area contributed by atoms with Crippen molar-refractivity contribution in [3.8, 4) is 0 Å². The van der Waals surface area contributed by atoms with Crippen LogP contribution in [0, 0.1) is 5.92 Å². The van der Waals surface area contributed by atoms with Gasteiger partial charge in [-0.1, -0.05) is 0 Å². The number of hydrogen-bond acceptors (Lipinski definition) is 4. The molecule has 0 bridgehead atoms. The molecule has 1 rings (SSSR count).